The molecule has 0 aliphatic rings. The SMILES string of the molecule is CCOc1ccc(N(CCC#N)C(=O)c2ccc(F)cc2I)cc1. The second kappa shape index (κ2) is 8.64. The summed E-state index contributed by atoms with van der Waals surface area (Å²) in [4.78, 5) is 14.4. The Labute approximate surface area is 154 Å². The van der Waals surface area contributed by atoms with Crippen molar-refractivity contribution in [2.24, 2.45) is 0 Å². The number of hydrogen-bond acceptors (Lipinski definition) is 3. The lowest BCUT2D eigenvalue weighted by Gasteiger charge is -2.22. The summed E-state index contributed by atoms with van der Waals surface area (Å²) < 4.78 is 19.2. The Balaban J connectivity index is 2.33. The third-order valence-electron chi connectivity index (χ3n) is 3.31. The first-order valence-electron chi connectivity index (χ1n) is 7.43. The van der Waals surface area contributed by atoms with Crippen molar-refractivity contribution in [3.05, 3.63) is 57.4 Å². The smallest absolute Gasteiger partial charge is 0.259 e. The maximum atomic E-state index is 13.3. The molecule has 2 rings (SSSR count). The van der Waals surface area contributed by atoms with Crippen LogP contribution in [0.15, 0.2) is 42.5 Å². The zero-order valence-electron chi connectivity index (χ0n) is 13.1. The lowest BCUT2D eigenvalue weighted by Crippen LogP contribution is -2.32. The standard InChI is InChI=1S/C18H16FIN2O2/c1-2-24-15-7-5-14(6-8-15)22(11-3-10-21)18(23)16-9-4-13(19)12-17(16)20/h4-9,12H,2-3,11H2,1H3. The Morgan fingerprint density at radius 2 is 2.00 bits per heavy atom. The van der Waals surface area contributed by atoms with E-state index in [1.54, 1.807) is 24.3 Å². The number of nitrogens with zero attached hydrogens (tertiary/aromatic N) is 2. The molecule has 0 bridgehead atoms. The number of benzene rings is 2. The van der Waals surface area contributed by atoms with Crippen LogP contribution in [0.4, 0.5) is 10.1 Å². The highest BCUT2D eigenvalue weighted by Gasteiger charge is 2.20. The van der Waals surface area contributed by atoms with E-state index in [2.05, 4.69) is 0 Å². The topological polar surface area (TPSA) is 53.3 Å². The summed E-state index contributed by atoms with van der Waals surface area (Å²) in [6, 6.07) is 13.2. The molecule has 2 aromatic carbocycles. The van der Waals surface area contributed by atoms with Gasteiger partial charge in [0, 0.05) is 15.8 Å². The lowest BCUT2D eigenvalue weighted by atomic mass is 10.1. The summed E-state index contributed by atoms with van der Waals surface area (Å²) in [7, 11) is 0. The van der Waals surface area contributed by atoms with Gasteiger partial charge in [0.25, 0.3) is 5.91 Å². The number of halogens is 2. The van der Waals surface area contributed by atoms with Crippen LogP contribution in [0.5, 0.6) is 5.75 Å². The van der Waals surface area contributed by atoms with E-state index in [1.165, 1.54) is 23.1 Å². The number of ether oxygens (including phenoxy) is 1. The van der Waals surface area contributed by atoms with Crippen LogP contribution in [-0.2, 0) is 0 Å². The van der Waals surface area contributed by atoms with Crippen molar-refractivity contribution in [2.45, 2.75) is 13.3 Å². The number of hydrogen-bond donors (Lipinski definition) is 0. The Hall–Kier alpha value is -2.14. The molecule has 0 spiro atoms. The Kier molecular flexibility index (Phi) is 6.55. The van der Waals surface area contributed by atoms with E-state index in [9.17, 15) is 9.18 Å². The van der Waals surface area contributed by atoms with Crippen molar-refractivity contribution in [3.8, 4) is 11.8 Å². The zero-order valence-corrected chi connectivity index (χ0v) is 15.3. The molecule has 4 nitrogen and oxygen atoms in total. The third-order valence-corrected chi connectivity index (χ3v) is 4.21. The lowest BCUT2D eigenvalue weighted by molar-refractivity contribution is 0.0986. The summed E-state index contributed by atoms with van der Waals surface area (Å²) >= 11 is 1.94. The number of rotatable bonds is 6. The highest BCUT2D eigenvalue weighted by Crippen LogP contribution is 2.23. The normalized spacial score (nSPS) is 10.1. The van der Waals surface area contributed by atoms with E-state index in [0.717, 1.165) is 0 Å². The molecule has 0 atom stereocenters. The first kappa shape index (κ1) is 18.2. The average molecular weight is 438 g/mol. The van der Waals surface area contributed by atoms with Crippen LogP contribution in [0.2, 0.25) is 0 Å². The van der Waals surface area contributed by atoms with E-state index in [4.69, 9.17) is 10.00 Å². The van der Waals surface area contributed by atoms with Gasteiger partial charge in [-0.2, -0.15) is 5.26 Å². The molecule has 0 radical (unpaired) electrons. The van der Waals surface area contributed by atoms with Gasteiger partial charge in [0.05, 0.1) is 24.7 Å². The maximum Gasteiger partial charge on any atom is 0.259 e. The van der Waals surface area contributed by atoms with Gasteiger partial charge in [-0.25, -0.2) is 4.39 Å². The summed E-state index contributed by atoms with van der Waals surface area (Å²) in [6.45, 7) is 2.72. The Morgan fingerprint density at radius 3 is 2.58 bits per heavy atom. The molecular weight excluding hydrogens is 422 g/mol. The molecule has 0 aromatic heterocycles. The minimum atomic E-state index is -0.388. The predicted octanol–water partition coefficient (Wildman–Crippen LogP) is 4.39. The van der Waals surface area contributed by atoms with E-state index in [1.807, 2.05) is 35.6 Å². The Bertz CT molecular complexity index is 757. The van der Waals surface area contributed by atoms with E-state index < -0.39 is 0 Å². The van der Waals surface area contributed by atoms with Gasteiger partial charge < -0.3 is 9.64 Å². The van der Waals surface area contributed by atoms with Crippen LogP contribution in [-0.4, -0.2) is 19.1 Å². The first-order valence-corrected chi connectivity index (χ1v) is 8.51. The van der Waals surface area contributed by atoms with Crippen molar-refractivity contribution >= 4 is 34.2 Å². The van der Waals surface area contributed by atoms with Gasteiger partial charge in [0.1, 0.15) is 11.6 Å². The number of nitriles is 1. The highest BCUT2D eigenvalue weighted by molar-refractivity contribution is 14.1. The summed E-state index contributed by atoms with van der Waals surface area (Å²) in [6.07, 6.45) is 0.205. The zero-order chi connectivity index (χ0) is 17.5. The van der Waals surface area contributed by atoms with Gasteiger partial charge in [0.15, 0.2) is 0 Å². The van der Waals surface area contributed by atoms with Gasteiger partial charge in [-0.1, -0.05) is 0 Å². The van der Waals surface area contributed by atoms with Crippen LogP contribution in [0, 0.1) is 20.7 Å². The van der Waals surface area contributed by atoms with Crippen LogP contribution < -0.4 is 9.64 Å². The molecule has 1 amide bonds. The monoisotopic (exact) mass is 438 g/mol. The van der Waals surface area contributed by atoms with Crippen molar-refractivity contribution in [1.82, 2.24) is 0 Å². The average Bonchev–Trinajstić information content (AvgIpc) is 2.56. The molecule has 0 fully saturated rings. The van der Waals surface area contributed by atoms with Gasteiger partial charge in [0.2, 0.25) is 0 Å². The van der Waals surface area contributed by atoms with E-state index in [0.29, 0.717) is 27.2 Å². The highest BCUT2D eigenvalue weighted by atomic mass is 127. The summed E-state index contributed by atoms with van der Waals surface area (Å²) in [5.41, 5.74) is 1.07. The van der Waals surface area contributed by atoms with E-state index >= 15 is 0 Å². The molecule has 0 unspecified atom stereocenters. The van der Waals surface area contributed by atoms with Gasteiger partial charge >= 0.3 is 0 Å². The van der Waals surface area contributed by atoms with Crippen LogP contribution in [0.1, 0.15) is 23.7 Å². The molecule has 0 aliphatic carbocycles. The number of carbonyl (C=O) groups excluding carboxylic acids is 1. The second-order valence-electron chi connectivity index (χ2n) is 4.92. The van der Waals surface area contributed by atoms with Crippen LogP contribution in [0.3, 0.4) is 0 Å². The molecule has 124 valence electrons. The number of carbonyl (C=O) groups is 1. The van der Waals surface area contributed by atoms with Crippen molar-refractivity contribution in [2.75, 3.05) is 18.1 Å². The molecule has 0 saturated heterocycles. The number of anilines is 1. The Morgan fingerprint density at radius 1 is 1.29 bits per heavy atom. The molecule has 6 heteroatoms. The molecule has 2 aromatic rings. The quantitative estimate of drug-likeness (QED) is 0.629. The molecular formula is C18H16FIN2O2. The van der Waals surface area contributed by atoms with Crippen molar-refractivity contribution in [3.63, 3.8) is 0 Å². The fourth-order valence-electron chi connectivity index (χ4n) is 2.21. The molecule has 0 N–H and O–H groups in total. The molecule has 24 heavy (non-hydrogen) atoms. The van der Waals surface area contributed by atoms with E-state index in [-0.39, 0.29) is 24.7 Å². The van der Waals surface area contributed by atoms with Crippen molar-refractivity contribution < 1.29 is 13.9 Å². The van der Waals surface area contributed by atoms with Gasteiger partial charge in [-0.15, -0.1) is 0 Å². The van der Waals surface area contributed by atoms with Crippen LogP contribution in [0.25, 0.3) is 0 Å². The fraction of sp³-hybridized carbons (Fsp3) is 0.222. The minimum Gasteiger partial charge on any atom is -0.494 e. The predicted molar refractivity (Wildman–Crippen MR) is 98.6 cm³/mol. The van der Waals surface area contributed by atoms with Gasteiger partial charge in [-0.05, 0) is 72.0 Å². The summed E-state index contributed by atoms with van der Waals surface area (Å²) in [5.74, 6) is 0.0599. The molecule has 0 saturated carbocycles. The molecule has 0 heterocycles. The molecule has 0 aliphatic heterocycles. The maximum absolute atomic E-state index is 13.3. The third kappa shape index (κ3) is 4.45. The van der Waals surface area contributed by atoms with Gasteiger partial charge in [-0.3, -0.25) is 4.79 Å². The largest absolute Gasteiger partial charge is 0.494 e. The minimum absolute atomic E-state index is 0.205. The first-order chi connectivity index (χ1) is 11.6. The fourth-order valence-corrected chi connectivity index (χ4v) is 2.91. The number of amides is 1. The van der Waals surface area contributed by atoms with Crippen LogP contribution >= 0.6 is 22.6 Å². The second-order valence-corrected chi connectivity index (χ2v) is 6.08. The van der Waals surface area contributed by atoms with Crippen molar-refractivity contribution in [1.29, 1.82) is 5.26 Å². The summed E-state index contributed by atoms with van der Waals surface area (Å²) in [5, 5.41) is 8.86.